The summed E-state index contributed by atoms with van der Waals surface area (Å²) in [5.74, 6) is 0.826. The van der Waals surface area contributed by atoms with Gasteiger partial charge in [-0.05, 0) is 46.7 Å². The number of rotatable bonds is 4. The van der Waals surface area contributed by atoms with Gasteiger partial charge in [-0.25, -0.2) is 0 Å². The second-order valence-corrected chi connectivity index (χ2v) is 6.65. The quantitative estimate of drug-likeness (QED) is 0.612. The van der Waals surface area contributed by atoms with Gasteiger partial charge < -0.3 is 4.42 Å². The Balaban J connectivity index is 2.23. The van der Waals surface area contributed by atoms with E-state index in [1.165, 1.54) is 11.1 Å². The minimum atomic E-state index is 0.0405. The molecule has 0 aliphatic carbocycles. The number of benzene rings is 1. The second kappa shape index (κ2) is 5.72. The van der Waals surface area contributed by atoms with E-state index in [0.717, 1.165) is 12.2 Å². The summed E-state index contributed by atoms with van der Waals surface area (Å²) in [6, 6.07) is 12.3. The minimum absolute atomic E-state index is 0.0405. The van der Waals surface area contributed by atoms with Crippen LogP contribution in [-0.4, -0.2) is 0 Å². The zero-order valence-corrected chi connectivity index (χ0v) is 13.8. The van der Waals surface area contributed by atoms with Crippen LogP contribution in [0.1, 0.15) is 48.9 Å². The Morgan fingerprint density at radius 1 is 1.16 bits per heavy atom. The van der Waals surface area contributed by atoms with Crippen molar-refractivity contribution in [3.05, 3.63) is 58.5 Å². The molecule has 0 amide bonds. The van der Waals surface area contributed by atoms with Crippen molar-refractivity contribution < 1.29 is 4.42 Å². The van der Waals surface area contributed by atoms with Gasteiger partial charge in [0.25, 0.3) is 0 Å². The third-order valence-electron chi connectivity index (χ3n) is 3.71. The molecule has 102 valence electrons. The maximum absolute atomic E-state index is 5.81. The highest BCUT2D eigenvalue weighted by Gasteiger charge is 2.19. The lowest BCUT2D eigenvalue weighted by molar-refractivity contribution is 0.505. The number of hydrogen-bond acceptors (Lipinski definition) is 1. The van der Waals surface area contributed by atoms with Crippen molar-refractivity contribution in [2.75, 3.05) is 0 Å². The van der Waals surface area contributed by atoms with E-state index < -0.39 is 0 Å². The topological polar surface area (TPSA) is 13.1 Å². The molecule has 0 fully saturated rings. The SMILES string of the molecule is CCC(C)(C)c1ccc(C(Br)c2ccc(Cl)o2)cc1. The van der Waals surface area contributed by atoms with Crippen LogP contribution in [0, 0.1) is 0 Å². The molecular formula is C16H18BrClO. The van der Waals surface area contributed by atoms with Crippen molar-refractivity contribution in [3.8, 4) is 0 Å². The Morgan fingerprint density at radius 3 is 2.26 bits per heavy atom. The van der Waals surface area contributed by atoms with Gasteiger partial charge in [0.05, 0.1) is 4.83 Å². The standard InChI is InChI=1S/C16H18BrClO/c1-4-16(2,3)12-7-5-11(6-8-12)15(17)13-9-10-14(18)19-13/h5-10,15H,4H2,1-3H3. The summed E-state index contributed by atoms with van der Waals surface area (Å²) < 4.78 is 5.44. The lowest BCUT2D eigenvalue weighted by atomic mass is 9.82. The smallest absolute Gasteiger partial charge is 0.193 e. The number of halogens is 2. The Morgan fingerprint density at radius 2 is 1.79 bits per heavy atom. The van der Waals surface area contributed by atoms with Gasteiger partial charge in [0.1, 0.15) is 5.76 Å². The van der Waals surface area contributed by atoms with Crippen molar-refractivity contribution in [1.82, 2.24) is 0 Å². The van der Waals surface area contributed by atoms with Crippen LogP contribution >= 0.6 is 27.5 Å². The molecule has 2 aromatic rings. The highest BCUT2D eigenvalue weighted by molar-refractivity contribution is 9.09. The van der Waals surface area contributed by atoms with E-state index in [0.29, 0.717) is 5.22 Å². The van der Waals surface area contributed by atoms with Crippen LogP contribution in [0.15, 0.2) is 40.8 Å². The minimum Gasteiger partial charge on any atom is -0.448 e. The van der Waals surface area contributed by atoms with Crippen LogP contribution in [0.5, 0.6) is 0 Å². The molecular weight excluding hydrogens is 324 g/mol. The molecule has 2 rings (SSSR count). The van der Waals surface area contributed by atoms with Crippen LogP contribution in [0.2, 0.25) is 5.22 Å². The van der Waals surface area contributed by atoms with Crippen molar-refractivity contribution in [2.45, 2.75) is 37.4 Å². The van der Waals surface area contributed by atoms with E-state index in [9.17, 15) is 0 Å². The molecule has 1 unspecified atom stereocenters. The molecule has 0 N–H and O–H groups in total. The molecule has 1 aromatic heterocycles. The van der Waals surface area contributed by atoms with Crippen molar-refractivity contribution in [1.29, 1.82) is 0 Å². The summed E-state index contributed by atoms with van der Waals surface area (Å²) in [7, 11) is 0. The Kier molecular flexibility index (Phi) is 4.42. The summed E-state index contributed by atoms with van der Waals surface area (Å²) >= 11 is 9.46. The maximum atomic E-state index is 5.81. The van der Waals surface area contributed by atoms with Gasteiger partial charge in [0, 0.05) is 0 Å². The first-order valence-electron chi connectivity index (χ1n) is 6.44. The molecule has 3 heteroatoms. The zero-order valence-electron chi connectivity index (χ0n) is 11.4. The van der Waals surface area contributed by atoms with Crippen LogP contribution in [0.25, 0.3) is 0 Å². The van der Waals surface area contributed by atoms with Gasteiger partial charge >= 0.3 is 0 Å². The molecule has 1 atom stereocenters. The van der Waals surface area contributed by atoms with E-state index in [2.05, 4.69) is 61.0 Å². The highest BCUT2D eigenvalue weighted by Crippen LogP contribution is 2.34. The highest BCUT2D eigenvalue weighted by atomic mass is 79.9. The Bertz CT molecular complexity index is 542. The van der Waals surface area contributed by atoms with Gasteiger partial charge in [-0.3, -0.25) is 0 Å². The van der Waals surface area contributed by atoms with Crippen LogP contribution < -0.4 is 0 Å². The summed E-state index contributed by atoms with van der Waals surface area (Å²) in [5, 5.41) is 0.420. The molecule has 1 aromatic carbocycles. The van der Waals surface area contributed by atoms with E-state index in [1.54, 1.807) is 6.07 Å². The third kappa shape index (κ3) is 3.24. The largest absolute Gasteiger partial charge is 0.448 e. The first-order valence-corrected chi connectivity index (χ1v) is 7.73. The monoisotopic (exact) mass is 340 g/mol. The fraction of sp³-hybridized carbons (Fsp3) is 0.375. The first kappa shape index (κ1) is 14.7. The number of alkyl halides is 1. The van der Waals surface area contributed by atoms with Crippen molar-refractivity contribution >= 4 is 27.5 Å². The maximum Gasteiger partial charge on any atom is 0.193 e. The van der Waals surface area contributed by atoms with Gasteiger partial charge in [0.2, 0.25) is 0 Å². The van der Waals surface area contributed by atoms with E-state index in [1.807, 2.05) is 6.07 Å². The lowest BCUT2D eigenvalue weighted by Gasteiger charge is -2.23. The van der Waals surface area contributed by atoms with Gasteiger partial charge in [-0.15, -0.1) is 0 Å². The van der Waals surface area contributed by atoms with Crippen LogP contribution in [0.3, 0.4) is 0 Å². The molecule has 0 aliphatic heterocycles. The fourth-order valence-corrected chi connectivity index (χ4v) is 2.64. The summed E-state index contributed by atoms with van der Waals surface area (Å²) in [5.41, 5.74) is 2.74. The molecule has 0 spiro atoms. The summed E-state index contributed by atoms with van der Waals surface area (Å²) in [4.78, 5) is 0.0405. The molecule has 0 saturated carbocycles. The average molecular weight is 342 g/mol. The Labute approximate surface area is 128 Å². The third-order valence-corrected chi connectivity index (χ3v) is 4.90. The second-order valence-electron chi connectivity index (χ2n) is 5.36. The van der Waals surface area contributed by atoms with Gasteiger partial charge in [0.15, 0.2) is 5.22 Å². The van der Waals surface area contributed by atoms with Gasteiger partial charge in [-0.2, -0.15) is 0 Å². The van der Waals surface area contributed by atoms with Crippen molar-refractivity contribution in [3.63, 3.8) is 0 Å². The summed E-state index contributed by atoms with van der Waals surface area (Å²) in [6.45, 7) is 6.74. The molecule has 1 heterocycles. The average Bonchev–Trinajstić information content (AvgIpc) is 2.85. The summed E-state index contributed by atoms with van der Waals surface area (Å²) in [6.07, 6.45) is 1.12. The molecule has 19 heavy (non-hydrogen) atoms. The molecule has 0 aliphatic rings. The zero-order chi connectivity index (χ0) is 14.0. The van der Waals surface area contributed by atoms with E-state index >= 15 is 0 Å². The van der Waals surface area contributed by atoms with Crippen LogP contribution in [-0.2, 0) is 5.41 Å². The van der Waals surface area contributed by atoms with Crippen LogP contribution in [0.4, 0.5) is 0 Å². The lowest BCUT2D eigenvalue weighted by Crippen LogP contribution is -2.15. The first-order chi connectivity index (χ1) is 8.94. The van der Waals surface area contributed by atoms with E-state index in [4.69, 9.17) is 16.0 Å². The van der Waals surface area contributed by atoms with Gasteiger partial charge in [-0.1, -0.05) is 61.0 Å². The normalized spacial score (nSPS) is 13.5. The number of hydrogen-bond donors (Lipinski definition) is 0. The molecule has 0 bridgehead atoms. The van der Waals surface area contributed by atoms with E-state index in [-0.39, 0.29) is 10.2 Å². The molecule has 0 radical (unpaired) electrons. The predicted octanol–water partition coefficient (Wildman–Crippen LogP) is 6.10. The van der Waals surface area contributed by atoms with Crippen molar-refractivity contribution in [2.24, 2.45) is 0 Å². The molecule has 1 nitrogen and oxygen atoms in total. The molecule has 0 saturated heterocycles. The number of furan rings is 1. The predicted molar refractivity (Wildman–Crippen MR) is 84.2 cm³/mol. The Hall–Kier alpha value is -0.730. The fourth-order valence-electron chi connectivity index (χ4n) is 1.94.